The van der Waals surface area contributed by atoms with Crippen LogP contribution in [-0.4, -0.2) is 35.2 Å². The Bertz CT molecular complexity index is 1260. The van der Waals surface area contributed by atoms with Crippen molar-refractivity contribution in [2.45, 2.75) is 26.9 Å². The highest BCUT2D eigenvalue weighted by Gasteiger charge is 2.10. The summed E-state index contributed by atoms with van der Waals surface area (Å²) in [6, 6.07) is 21.5. The van der Waals surface area contributed by atoms with Crippen LogP contribution < -0.4 is 14.9 Å². The lowest BCUT2D eigenvalue weighted by Gasteiger charge is -2.13. The highest BCUT2D eigenvalue weighted by Crippen LogP contribution is 2.28. The standard InChI is InChI=1S/C26H27N5O2/c1-17(2)33-23-14-11-19(15-24(23)32-4)16-27-31-26(28-20-12-9-18(3)10-13-20)25-29-21-7-5-6-8-22(21)30-25/h5-17H,1-4H3,(H,28,31)(H,29,30). The molecule has 0 unspecified atom stereocenters. The first kappa shape index (κ1) is 22.1. The van der Waals surface area contributed by atoms with Crippen LogP contribution >= 0.6 is 0 Å². The topological polar surface area (TPSA) is 83.9 Å². The maximum Gasteiger partial charge on any atom is 0.190 e. The molecular weight excluding hydrogens is 414 g/mol. The first-order valence-electron chi connectivity index (χ1n) is 10.8. The van der Waals surface area contributed by atoms with Gasteiger partial charge in [0.2, 0.25) is 0 Å². The lowest BCUT2D eigenvalue weighted by Crippen LogP contribution is -2.20. The average molecular weight is 442 g/mol. The van der Waals surface area contributed by atoms with E-state index in [1.54, 1.807) is 13.3 Å². The van der Waals surface area contributed by atoms with Gasteiger partial charge in [0, 0.05) is 0 Å². The number of methoxy groups -OCH3 is 1. The minimum Gasteiger partial charge on any atom is -0.493 e. The molecule has 7 heteroatoms. The summed E-state index contributed by atoms with van der Waals surface area (Å²) in [6.07, 6.45) is 1.76. The largest absolute Gasteiger partial charge is 0.493 e. The number of hydrogen-bond donors (Lipinski definition) is 2. The Morgan fingerprint density at radius 2 is 1.82 bits per heavy atom. The number of aliphatic imine (C=N–C) groups is 1. The summed E-state index contributed by atoms with van der Waals surface area (Å²) in [4.78, 5) is 12.7. The molecule has 2 N–H and O–H groups in total. The number of ether oxygens (including phenoxy) is 2. The molecule has 4 aromatic rings. The molecule has 0 aliphatic carbocycles. The van der Waals surface area contributed by atoms with Crippen LogP contribution in [0, 0.1) is 6.92 Å². The van der Waals surface area contributed by atoms with Gasteiger partial charge in [-0.05, 0) is 68.8 Å². The third-order valence-electron chi connectivity index (χ3n) is 4.82. The van der Waals surface area contributed by atoms with Crippen LogP contribution in [0.4, 0.5) is 5.69 Å². The van der Waals surface area contributed by atoms with Crippen molar-refractivity contribution in [2.75, 3.05) is 7.11 Å². The fourth-order valence-corrected chi connectivity index (χ4v) is 3.23. The molecule has 1 aromatic heterocycles. The number of hydrogen-bond acceptors (Lipinski definition) is 5. The summed E-state index contributed by atoms with van der Waals surface area (Å²) >= 11 is 0. The summed E-state index contributed by atoms with van der Waals surface area (Å²) in [7, 11) is 1.62. The maximum atomic E-state index is 5.78. The Kier molecular flexibility index (Phi) is 6.69. The minimum atomic E-state index is 0.0597. The summed E-state index contributed by atoms with van der Waals surface area (Å²) in [5.74, 6) is 2.46. The molecule has 0 amide bonds. The predicted molar refractivity (Wildman–Crippen MR) is 133 cm³/mol. The quantitative estimate of drug-likeness (QED) is 0.229. The van der Waals surface area contributed by atoms with Gasteiger partial charge in [-0.25, -0.2) is 9.98 Å². The molecule has 0 fully saturated rings. The van der Waals surface area contributed by atoms with Crippen molar-refractivity contribution in [1.82, 2.24) is 15.4 Å². The first-order chi connectivity index (χ1) is 16.0. The maximum absolute atomic E-state index is 5.78. The number of aryl methyl sites for hydroxylation is 1. The van der Waals surface area contributed by atoms with Crippen molar-refractivity contribution in [3.63, 3.8) is 0 Å². The minimum absolute atomic E-state index is 0.0597. The Morgan fingerprint density at radius 1 is 1.03 bits per heavy atom. The first-order valence-corrected chi connectivity index (χ1v) is 10.8. The molecule has 0 saturated heterocycles. The molecule has 3 aromatic carbocycles. The van der Waals surface area contributed by atoms with E-state index >= 15 is 0 Å². The lowest BCUT2D eigenvalue weighted by atomic mass is 10.2. The second-order valence-corrected chi connectivity index (χ2v) is 7.85. The van der Waals surface area contributed by atoms with Crippen LogP contribution in [0.2, 0.25) is 0 Å². The normalized spacial score (nSPS) is 12.0. The predicted octanol–water partition coefficient (Wildman–Crippen LogP) is 5.37. The monoisotopic (exact) mass is 441 g/mol. The molecule has 0 atom stereocenters. The van der Waals surface area contributed by atoms with E-state index in [1.165, 1.54) is 5.56 Å². The van der Waals surface area contributed by atoms with Gasteiger partial charge in [-0.3, -0.25) is 5.43 Å². The fraction of sp³-hybridized carbons (Fsp3) is 0.192. The Hall–Kier alpha value is -4.13. The van der Waals surface area contributed by atoms with Gasteiger partial charge in [0.25, 0.3) is 0 Å². The number of aromatic nitrogens is 2. The second kappa shape index (κ2) is 9.99. The number of amidine groups is 1. The number of rotatable bonds is 7. The Labute approximate surface area is 193 Å². The van der Waals surface area contributed by atoms with E-state index in [1.807, 2.05) is 87.5 Å². The van der Waals surface area contributed by atoms with Gasteiger partial charge in [-0.15, -0.1) is 0 Å². The van der Waals surface area contributed by atoms with Crippen LogP contribution in [-0.2, 0) is 0 Å². The van der Waals surface area contributed by atoms with E-state index in [2.05, 4.69) is 20.5 Å². The van der Waals surface area contributed by atoms with Crippen LogP contribution in [0.15, 0.2) is 76.8 Å². The molecule has 1 heterocycles. The van der Waals surface area contributed by atoms with E-state index in [-0.39, 0.29) is 6.10 Å². The number of imidazole rings is 1. The van der Waals surface area contributed by atoms with Gasteiger partial charge >= 0.3 is 0 Å². The van der Waals surface area contributed by atoms with Crippen LogP contribution in [0.5, 0.6) is 11.5 Å². The third kappa shape index (κ3) is 5.57. The van der Waals surface area contributed by atoms with Crippen molar-refractivity contribution in [3.8, 4) is 11.5 Å². The molecule has 0 radical (unpaired) electrons. The number of hydrazone groups is 1. The summed E-state index contributed by atoms with van der Waals surface area (Å²) in [5.41, 5.74) is 7.67. The molecule has 33 heavy (non-hydrogen) atoms. The number of nitrogens with one attached hydrogen (secondary N) is 2. The SMILES string of the molecule is COc1cc(C=NNC(=Nc2ccc(C)cc2)c2nc3ccccc3[nH]2)ccc1OC(C)C. The number of aromatic amines is 1. The lowest BCUT2D eigenvalue weighted by molar-refractivity contribution is 0.230. The van der Waals surface area contributed by atoms with E-state index in [0.29, 0.717) is 23.2 Å². The smallest absolute Gasteiger partial charge is 0.190 e. The van der Waals surface area contributed by atoms with Crippen molar-refractivity contribution in [2.24, 2.45) is 10.1 Å². The van der Waals surface area contributed by atoms with Gasteiger partial charge in [0.05, 0.1) is 36.1 Å². The van der Waals surface area contributed by atoms with Crippen molar-refractivity contribution in [3.05, 3.63) is 83.7 Å². The molecule has 4 rings (SSSR count). The molecule has 0 bridgehead atoms. The van der Waals surface area contributed by atoms with Crippen LogP contribution in [0.1, 0.15) is 30.8 Å². The summed E-state index contributed by atoms with van der Waals surface area (Å²) in [6.45, 7) is 6.00. The summed E-state index contributed by atoms with van der Waals surface area (Å²) in [5, 5.41) is 4.41. The van der Waals surface area contributed by atoms with Crippen molar-refractivity contribution < 1.29 is 9.47 Å². The van der Waals surface area contributed by atoms with Crippen LogP contribution in [0.25, 0.3) is 11.0 Å². The van der Waals surface area contributed by atoms with Gasteiger partial charge in [0.1, 0.15) is 0 Å². The zero-order valence-electron chi connectivity index (χ0n) is 19.2. The van der Waals surface area contributed by atoms with Gasteiger partial charge < -0.3 is 14.5 Å². The number of para-hydroxylation sites is 2. The van der Waals surface area contributed by atoms with Crippen molar-refractivity contribution in [1.29, 1.82) is 0 Å². The number of H-pyrrole nitrogens is 1. The molecule has 0 saturated carbocycles. The van der Waals surface area contributed by atoms with Gasteiger partial charge in [-0.2, -0.15) is 5.10 Å². The number of benzene rings is 3. The zero-order chi connectivity index (χ0) is 23.2. The van der Waals surface area contributed by atoms with E-state index in [9.17, 15) is 0 Å². The molecule has 0 aliphatic heterocycles. The Balaban J connectivity index is 1.61. The van der Waals surface area contributed by atoms with Gasteiger partial charge in [0.15, 0.2) is 23.2 Å². The van der Waals surface area contributed by atoms with Crippen LogP contribution in [0.3, 0.4) is 0 Å². The fourth-order valence-electron chi connectivity index (χ4n) is 3.23. The number of nitrogens with zero attached hydrogens (tertiary/aromatic N) is 3. The highest BCUT2D eigenvalue weighted by molar-refractivity contribution is 6.00. The molecule has 0 aliphatic rings. The van der Waals surface area contributed by atoms with Gasteiger partial charge in [-0.1, -0.05) is 29.8 Å². The summed E-state index contributed by atoms with van der Waals surface area (Å²) < 4.78 is 11.2. The molecular formula is C26H27N5O2. The molecule has 0 spiro atoms. The molecule has 7 nitrogen and oxygen atoms in total. The van der Waals surface area contributed by atoms with E-state index < -0.39 is 0 Å². The second-order valence-electron chi connectivity index (χ2n) is 7.85. The third-order valence-corrected chi connectivity index (χ3v) is 4.82. The Morgan fingerprint density at radius 3 is 2.55 bits per heavy atom. The van der Waals surface area contributed by atoms with Crippen molar-refractivity contribution >= 4 is 28.8 Å². The average Bonchev–Trinajstić information content (AvgIpc) is 3.24. The van der Waals surface area contributed by atoms with E-state index in [4.69, 9.17) is 14.5 Å². The molecule has 168 valence electrons. The number of fused-ring (bicyclic) bond motifs is 1. The highest BCUT2D eigenvalue weighted by atomic mass is 16.5. The zero-order valence-corrected chi connectivity index (χ0v) is 19.2. The van der Waals surface area contributed by atoms with E-state index in [0.717, 1.165) is 22.3 Å².